The Morgan fingerprint density at radius 3 is 2.73 bits per heavy atom. The minimum atomic E-state index is 0.659. The molecule has 0 radical (unpaired) electrons. The topological polar surface area (TPSA) is 6.48 Å². The van der Waals surface area contributed by atoms with Gasteiger partial charge in [0.15, 0.2) is 0 Å². The van der Waals surface area contributed by atoms with Crippen molar-refractivity contribution >= 4 is 11.6 Å². The maximum atomic E-state index is 6.04. The first kappa shape index (κ1) is 11.7. The van der Waals surface area contributed by atoms with Crippen molar-refractivity contribution < 1.29 is 0 Å². The van der Waals surface area contributed by atoms with E-state index in [0.29, 0.717) is 6.04 Å². The molecule has 0 bridgehead atoms. The number of alkyl halides is 1. The summed E-state index contributed by atoms with van der Waals surface area (Å²) in [6, 6.07) is 0.659. The molecule has 0 saturated carbocycles. The molecule has 3 heteroatoms. The van der Waals surface area contributed by atoms with Crippen molar-refractivity contribution in [1.82, 2.24) is 9.80 Å². The predicted octanol–water partition coefficient (Wildman–Crippen LogP) is 2.03. The number of nitrogens with zero attached hydrogens (tertiary/aromatic N) is 2. The van der Waals surface area contributed by atoms with Crippen LogP contribution in [0.25, 0.3) is 0 Å². The first-order valence-corrected chi connectivity index (χ1v) is 6.81. The third-order valence-electron chi connectivity index (χ3n) is 3.91. The van der Waals surface area contributed by atoms with Crippen molar-refractivity contribution in [3.8, 4) is 0 Å². The predicted molar refractivity (Wildman–Crippen MR) is 65.5 cm³/mol. The molecule has 2 unspecified atom stereocenters. The second kappa shape index (κ2) is 5.51. The van der Waals surface area contributed by atoms with E-state index in [2.05, 4.69) is 16.8 Å². The minimum absolute atomic E-state index is 0.659. The Bertz CT molecular complexity index is 198. The van der Waals surface area contributed by atoms with Gasteiger partial charge in [0.1, 0.15) is 0 Å². The minimum Gasteiger partial charge on any atom is -0.306 e. The molecule has 0 spiro atoms. The molecule has 0 aliphatic carbocycles. The van der Waals surface area contributed by atoms with Crippen LogP contribution in [-0.4, -0.2) is 54.9 Å². The van der Waals surface area contributed by atoms with Crippen molar-refractivity contribution in [3.05, 3.63) is 0 Å². The lowest BCUT2D eigenvalue weighted by atomic mass is 10.0. The van der Waals surface area contributed by atoms with Crippen LogP contribution in [0.2, 0.25) is 0 Å². The van der Waals surface area contributed by atoms with Crippen LogP contribution < -0.4 is 0 Å². The molecule has 0 aromatic rings. The van der Waals surface area contributed by atoms with Gasteiger partial charge in [0, 0.05) is 25.0 Å². The average Bonchev–Trinajstić information content (AvgIpc) is 2.65. The van der Waals surface area contributed by atoms with Crippen molar-refractivity contribution in [2.24, 2.45) is 5.92 Å². The number of piperidine rings is 1. The number of hydrogen-bond donors (Lipinski definition) is 0. The van der Waals surface area contributed by atoms with Crippen molar-refractivity contribution in [2.45, 2.75) is 31.7 Å². The fourth-order valence-electron chi connectivity index (χ4n) is 2.98. The van der Waals surface area contributed by atoms with Gasteiger partial charge >= 0.3 is 0 Å². The molecule has 2 rings (SSSR count). The zero-order chi connectivity index (χ0) is 10.7. The molecule has 2 aliphatic rings. The summed E-state index contributed by atoms with van der Waals surface area (Å²) in [5, 5.41) is 0. The molecule has 0 amide bonds. The van der Waals surface area contributed by atoms with E-state index in [1.54, 1.807) is 0 Å². The highest BCUT2D eigenvalue weighted by Crippen LogP contribution is 2.22. The Balaban J connectivity index is 1.81. The van der Waals surface area contributed by atoms with Crippen LogP contribution in [-0.2, 0) is 0 Å². The van der Waals surface area contributed by atoms with E-state index in [9.17, 15) is 0 Å². The molecular weight excluding hydrogens is 208 g/mol. The quantitative estimate of drug-likeness (QED) is 0.685. The van der Waals surface area contributed by atoms with E-state index in [0.717, 1.165) is 11.8 Å². The summed E-state index contributed by atoms with van der Waals surface area (Å²) in [4.78, 5) is 5.09. The highest BCUT2D eigenvalue weighted by atomic mass is 35.5. The fraction of sp³-hybridized carbons (Fsp3) is 1.00. The lowest BCUT2D eigenvalue weighted by Gasteiger charge is -2.36. The molecule has 0 N–H and O–H groups in total. The number of halogens is 1. The van der Waals surface area contributed by atoms with Gasteiger partial charge in [-0.3, -0.25) is 4.90 Å². The normalized spacial score (nSPS) is 34.8. The van der Waals surface area contributed by atoms with Gasteiger partial charge in [-0.15, -0.1) is 11.6 Å². The van der Waals surface area contributed by atoms with Crippen molar-refractivity contribution in [1.29, 1.82) is 0 Å². The van der Waals surface area contributed by atoms with E-state index in [-0.39, 0.29) is 0 Å². The molecule has 0 aromatic heterocycles. The van der Waals surface area contributed by atoms with Gasteiger partial charge in [-0.05, 0) is 45.3 Å². The lowest BCUT2D eigenvalue weighted by Crippen LogP contribution is -2.43. The second-order valence-electron chi connectivity index (χ2n) is 5.22. The molecule has 88 valence electrons. The van der Waals surface area contributed by atoms with Crippen LogP contribution in [0.15, 0.2) is 0 Å². The first-order chi connectivity index (χ1) is 7.29. The van der Waals surface area contributed by atoms with E-state index >= 15 is 0 Å². The van der Waals surface area contributed by atoms with Crippen LogP contribution in [0.3, 0.4) is 0 Å². The summed E-state index contributed by atoms with van der Waals surface area (Å²) in [7, 11) is 2.23. The second-order valence-corrected chi connectivity index (χ2v) is 5.52. The third kappa shape index (κ3) is 3.08. The van der Waals surface area contributed by atoms with Gasteiger partial charge in [-0.1, -0.05) is 6.42 Å². The van der Waals surface area contributed by atoms with Crippen LogP contribution >= 0.6 is 11.6 Å². The molecule has 2 aliphatic heterocycles. The Hall–Kier alpha value is 0.210. The van der Waals surface area contributed by atoms with E-state index < -0.39 is 0 Å². The van der Waals surface area contributed by atoms with Crippen molar-refractivity contribution in [3.63, 3.8) is 0 Å². The maximum Gasteiger partial charge on any atom is 0.0379 e. The summed E-state index contributed by atoms with van der Waals surface area (Å²) in [5.41, 5.74) is 0. The Morgan fingerprint density at radius 2 is 2.07 bits per heavy atom. The zero-order valence-electron chi connectivity index (χ0n) is 9.79. The zero-order valence-corrected chi connectivity index (χ0v) is 10.5. The SMILES string of the molecule is CN1CCC(CN2CCCCC2CCl)C1. The number of rotatable bonds is 3. The summed E-state index contributed by atoms with van der Waals surface area (Å²) >= 11 is 6.04. The van der Waals surface area contributed by atoms with Gasteiger partial charge in [0.25, 0.3) is 0 Å². The first-order valence-electron chi connectivity index (χ1n) is 6.28. The lowest BCUT2D eigenvalue weighted by molar-refractivity contribution is 0.139. The molecule has 2 atom stereocenters. The van der Waals surface area contributed by atoms with Crippen molar-refractivity contribution in [2.75, 3.05) is 39.1 Å². The highest BCUT2D eigenvalue weighted by Gasteiger charge is 2.27. The van der Waals surface area contributed by atoms with Crippen LogP contribution in [0.4, 0.5) is 0 Å². The summed E-state index contributed by atoms with van der Waals surface area (Å²) in [5.74, 6) is 1.71. The summed E-state index contributed by atoms with van der Waals surface area (Å²) in [6.07, 6.45) is 5.43. The van der Waals surface area contributed by atoms with Gasteiger partial charge in [0.05, 0.1) is 0 Å². The van der Waals surface area contributed by atoms with Gasteiger partial charge in [-0.2, -0.15) is 0 Å². The van der Waals surface area contributed by atoms with Gasteiger partial charge < -0.3 is 4.90 Å². The Labute approximate surface area is 98.6 Å². The molecule has 2 nitrogen and oxygen atoms in total. The highest BCUT2D eigenvalue weighted by molar-refractivity contribution is 6.18. The molecule has 2 saturated heterocycles. The molecular formula is C12H23ClN2. The molecule has 0 aromatic carbocycles. The summed E-state index contributed by atoms with van der Waals surface area (Å²) < 4.78 is 0. The number of likely N-dealkylation sites (tertiary alicyclic amines) is 2. The smallest absolute Gasteiger partial charge is 0.0379 e. The van der Waals surface area contributed by atoms with Gasteiger partial charge in [0.2, 0.25) is 0 Å². The molecule has 15 heavy (non-hydrogen) atoms. The molecule has 2 heterocycles. The van der Waals surface area contributed by atoms with Gasteiger partial charge in [-0.25, -0.2) is 0 Å². The van der Waals surface area contributed by atoms with Crippen LogP contribution in [0.1, 0.15) is 25.7 Å². The van der Waals surface area contributed by atoms with Crippen LogP contribution in [0, 0.1) is 5.92 Å². The van der Waals surface area contributed by atoms with E-state index in [4.69, 9.17) is 11.6 Å². The summed E-state index contributed by atoms with van der Waals surface area (Å²) in [6.45, 7) is 5.12. The van der Waals surface area contributed by atoms with E-state index in [1.807, 2.05) is 0 Å². The monoisotopic (exact) mass is 230 g/mol. The Morgan fingerprint density at radius 1 is 1.20 bits per heavy atom. The van der Waals surface area contributed by atoms with E-state index in [1.165, 1.54) is 51.9 Å². The fourth-order valence-corrected chi connectivity index (χ4v) is 3.33. The largest absolute Gasteiger partial charge is 0.306 e. The third-order valence-corrected chi connectivity index (χ3v) is 4.27. The Kier molecular flexibility index (Phi) is 4.30. The van der Waals surface area contributed by atoms with Crippen LogP contribution in [0.5, 0.6) is 0 Å². The standard InChI is InChI=1S/C12H23ClN2/c1-14-7-5-11(9-14)10-15-6-3-2-4-12(15)8-13/h11-12H,2-10H2,1H3. The maximum absolute atomic E-state index is 6.04. The average molecular weight is 231 g/mol. The molecule has 2 fully saturated rings. The number of hydrogen-bond acceptors (Lipinski definition) is 2.